The van der Waals surface area contributed by atoms with Crippen LogP contribution >= 0.6 is 0 Å². The molecular formula is C19H26N2O6. The highest BCUT2D eigenvalue weighted by Crippen LogP contribution is 2.06. The fourth-order valence-corrected chi connectivity index (χ4v) is 2.46. The van der Waals surface area contributed by atoms with Gasteiger partial charge in [-0.25, -0.2) is 4.79 Å². The highest BCUT2D eigenvalue weighted by molar-refractivity contribution is 5.90. The van der Waals surface area contributed by atoms with E-state index in [0.717, 1.165) is 12.8 Å². The molecule has 0 saturated heterocycles. The Bertz CT molecular complexity index is 647. The van der Waals surface area contributed by atoms with Crippen molar-refractivity contribution < 1.29 is 29.4 Å². The number of carbonyl (C=O) groups excluding carboxylic acids is 2. The minimum atomic E-state index is -1.32. The molecule has 8 heteroatoms. The van der Waals surface area contributed by atoms with Gasteiger partial charge in [-0.05, 0) is 38.2 Å². The Morgan fingerprint density at radius 3 is 2.22 bits per heavy atom. The van der Waals surface area contributed by atoms with Gasteiger partial charge in [0.2, 0.25) is 11.8 Å². The molecule has 4 N–H and O–H groups in total. The summed E-state index contributed by atoms with van der Waals surface area (Å²) in [5, 5.41) is 22.4. The predicted molar refractivity (Wildman–Crippen MR) is 98.0 cm³/mol. The van der Waals surface area contributed by atoms with Gasteiger partial charge in [0.05, 0.1) is 0 Å². The third kappa shape index (κ3) is 9.39. The van der Waals surface area contributed by atoms with Crippen LogP contribution in [0, 0.1) is 0 Å². The minimum absolute atomic E-state index is 0.226. The lowest BCUT2D eigenvalue weighted by Gasteiger charge is -2.18. The molecule has 1 aromatic rings. The molecule has 0 aliphatic rings. The Kier molecular flexibility index (Phi) is 9.57. The average Bonchev–Trinajstić information content (AvgIpc) is 2.62. The molecule has 148 valence electrons. The lowest BCUT2D eigenvalue weighted by Crippen LogP contribution is -2.50. The molecule has 0 spiro atoms. The number of nitrogens with one attached hydrogen (secondary N) is 2. The zero-order chi connectivity index (χ0) is 20.2. The van der Waals surface area contributed by atoms with Crippen LogP contribution < -0.4 is 10.6 Å². The van der Waals surface area contributed by atoms with Crippen molar-refractivity contribution in [3.05, 3.63) is 35.9 Å². The van der Waals surface area contributed by atoms with E-state index in [4.69, 9.17) is 10.2 Å². The molecule has 0 heterocycles. The van der Waals surface area contributed by atoms with E-state index in [0.29, 0.717) is 6.42 Å². The van der Waals surface area contributed by atoms with Crippen LogP contribution in [-0.4, -0.2) is 46.0 Å². The summed E-state index contributed by atoms with van der Waals surface area (Å²) >= 11 is 0. The topological polar surface area (TPSA) is 133 Å². The highest BCUT2D eigenvalue weighted by Gasteiger charge is 2.24. The standard InChI is InChI=1S/C19H26N2O6/c1-13(18(25)21-15(19(26)27)11-12-17(23)24)20-16(22)10-6-5-9-14-7-3-2-4-8-14/h2-4,7-8,13,15H,5-6,9-12H2,1H3,(H,20,22)(H,21,25)(H,23,24)(H,26,27)/t13-,15+/m0/s1. The summed E-state index contributed by atoms with van der Waals surface area (Å²) < 4.78 is 0. The van der Waals surface area contributed by atoms with Crippen LogP contribution in [0.25, 0.3) is 0 Å². The lowest BCUT2D eigenvalue weighted by atomic mass is 10.1. The Morgan fingerprint density at radius 2 is 1.63 bits per heavy atom. The molecule has 0 aliphatic heterocycles. The summed E-state index contributed by atoms with van der Waals surface area (Å²) in [5.41, 5.74) is 1.20. The quantitative estimate of drug-likeness (QED) is 0.406. The van der Waals surface area contributed by atoms with E-state index < -0.39 is 29.9 Å². The third-order valence-corrected chi connectivity index (χ3v) is 3.99. The van der Waals surface area contributed by atoms with Crippen molar-refractivity contribution in [3.63, 3.8) is 0 Å². The van der Waals surface area contributed by atoms with E-state index in [-0.39, 0.29) is 25.2 Å². The molecule has 8 nitrogen and oxygen atoms in total. The van der Waals surface area contributed by atoms with Gasteiger partial charge in [-0.1, -0.05) is 30.3 Å². The van der Waals surface area contributed by atoms with Gasteiger partial charge in [-0.15, -0.1) is 0 Å². The normalized spacial score (nSPS) is 12.6. The minimum Gasteiger partial charge on any atom is -0.481 e. The van der Waals surface area contributed by atoms with Gasteiger partial charge in [0.25, 0.3) is 0 Å². The molecule has 0 unspecified atom stereocenters. The lowest BCUT2D eigenvalue weighted by molar-refractivity contribution is -0.143. The predicted octanol–water partition coefficient (Wildman–Crippen LogP) is 1.34. The Hall–Kier alpha value is -2.90. The van der Waals surface area contributed by atoms with Crippen LogP contribution in [0.1, 0.15) is 44.6 Å². The van der Waals surface area contributed by atoms with Crippen molar-refractivity contribution >= 4 is 23.8 Å². The zero-order valence-electron chi connectivity index (χ0n) is 15.3. The largest absolute Gasteiger partial charge is 0.481 e. The molecule has 1 rings (SSSR count). The fourth-order valence-electron chi connectivity index (χ4n) is 2.46. The first kappa shape index (κ1) is 22.1. The number of aliphatic carboxylic acids is 2. The fraction of sp³-hybridized carbons (Fsp3) is 0.474. The number of aryl methyl sites for hydroxylation is 1. The molecule has 0 bridgehead atoms. The molecule has 0 aliphatic carbocycles. The molecule has 0 radical (unpaired) electrons. The Morgan fingerprint density at radius 1 is 0.963 bits per heavy atom. The van der Waals surface area contributed by atoms with Gasteiger partial charge < -0.3 is 20.8 Å². The van der Waals surface area contributed by atoms with Crippen LogP contribution in [0.2, 0.25) is 0 Å². The summed E-state index contributed by atoms with van der Waals surface area (Å²) in [5.74, 6) is -3.41. The van der Waals surface area contributed by atoms with Gasteiger partial charge in [0.1, 0.15) is 12.1 Å². The second kappa shape index (κ2) is 11.7. The Labute approximate surface area is 158 Å². The molecule has 2 atom stereocenters. The molecule has 2 amide bonds. The van der Waals surface area contributed by atoms with E-state index >= 15 is 0 Å². The molecule has 1 aromatic carbocycles. The number of benzene rings is 1. The van der Waals surface area contributed by atoms with E-state index in [1.54, 1.807) is 0 Å². The van der Waals surface area contributed by atoms with E-state index in [2.05, 4.69) is 10.6 Å². The number of unbranched alkanes of at least 4 members (excludes halogenated alkanes) is 1. The van der Waals surface area contributed by atoms with E-state index in [9.17, 15) is 19.2 Å². The smallest absolute Gasteiger partial charge is 0.326 e. The van der Waals surface area contributed by atoms with Gasteiger partial charge in [-0.2, -0.15) is 0 Å². The summed E-state index contributed by atoms with van der Waals surface area (Å²) in [6.07, 6.45) is 2.05. The second-order valence-corrected chi connectivity index (χ2v) is 6.31. The highest BCUT2D eigenvalue weighted by atomic mass is 16.4. The monoisotopic (exact) mass is 378 g/mol. The van der Waals surface area contributed by atoms with E-state index in [1.807, 2.05) is 30.3 Å². The number of amides is 2. The van der Waals surface area contributed by atoms with Crippen molar-refractivity contribution in [2.24, 2.45) is 0 Å². The van der Waals surface area contributed by atoms with Crippen molar-refractivity contribution in [1.29, 1.82) is 0 Å². The maximum atomic E-state index is 12.0. The summed E-state index contributed by atoms with van der Waals surface area (Å²) in [6, 6.07) is 7.70. The van der Waals surface area contributed by atoms with Gasteiger partial charge in [-0.3, -0.25) is 14.4 Å². The first-order valence-corrected chi connectivity index (χ1v) is 8.88. The van der Waals surface area contributed by atoms with Crippen LogP contribution in [0.3, 0.4) is 0 Å². The average molecular weight is 378 g/mol. The van der Waals surface area contributed by atoms with Crippen LogP contribution in [0.15, 0.2) is 30.3 Å². The SMILES string of the molecule is C[C@H](NC(=O)CCCCc1ccccc1)C(=O)N[C@H](CCC(=O)O)C(=O)O. The number of carboxylic acids is 2. The number of rotatable bonds is 12. The van der Waals surface area contributed by atoms with Crippen LogP contribution in [-0.2, 0) is 25.6 Å². The number of carbonyl (C=O) groups is 4. The van der Waals surface area contributed by atoms with Crippen LogP contribution in [0.5, 0.6) is 0 Å². The van der Waals surface area contributed by atoms with Crippen molar-refractivity contribution in [2.45, 2.75) is 57.5 Å². The third-order valence-electron chi connectivity index (χ3n) is 3.99. The maximum Gasteiger partial charge on any atom is 0.326 e. The zero-order valence-corrected chi connectivity index (χ0v) is 15.3. The number of carboxylic acid groups (broad SMARTS) is 2. The summed E-state index contributed by atoms with van der Waals surface area (Å²) in [7, 11) is 0. The molecular weight excluding hydrogens is 352 g/mol. The van der Waals surface area contributed by atoms with Gasteiger partial charge in [0, 0.05) is 12.8 Å². The maximum absolute atomic E-state index is 12.0. The number of hydrogen-bond acceptors (Lipinski definition) is 4. The molecule has 0 fully saturated rings. The van der Waals surface area contributed by atoms with Gasteiger partial charge in [0.15, 0.2) is 0 Å². The summed E-state index contributed by atoms with van der Waals surface area (Å²) in [4.78, 5) is 45.6. The molecule has 0 aromatic heterocycles. The summed E-state index contributed by atoms with van der Waals surface area (Å²) in [6.45, 7) is 1.45. The molecule has 0 saturated carbocycles. The van der Waals surface area contributed by atoms with Crippen molar-refractivity contribution in [1.82, 2.24) is 10.6 Å². The second-order valence-electron chi connectivity index (χ2n) is 6.31. The first-order chi connectivity index (χ1) is 12.8. The van der Waals surface area contributed by atoms with Crippen molar-refractivity contribution in [2.75, 3.05) is 0 Å². The molecule has 27 heavy (non-hydrogen) atoms. The van der Waals surface area contributed by atoms with Gasteiger partial charge >= 0.3 is 11.9 Å². The first-order valence-electron chi connectivity index (χ1n) is 8.88. The van der Waals surface area contributed by atoms with Crippen LogP contribution in [0.4, 0.5) is 0 Å². The Balaban J connectivity index is 2.32. The van der Waals surface area contributed by atoms with E-state index in [1.165, 1.54) is 12.5 Å². The van der Waals surface area contributed by atoms with Crippen molar-refractivity contribution in [3.8, 4) is 0 Å². The number of hydrogen-bond donors (Lipinski definition) is 4.